The molecule has 1 fully saturated rings. The molecule has 1 aromatic heterocycles. The number of pyridine rings is 1. The van der Waals surface area contributed by atoms with Gasteiger partial charge in [-0.05, 0) is 38.4 Å². The van der Waals surface area contributed by atoms with E-state index in [9.17, 15) is 13.2 Å². The van der Waals surface area contributed by atoms with Gasteiger partial charge in [0.25, 0.3) is 0 Å². The maximum atomic E-state index is 12.6. The second kappa shape index (κ2) is 9.98. The Labute approximate surface area is 161 Å². The predicted octanol–water partition coefficient (Wildman–Crippen LogP) is 2.91. The zero-order chi connectivity index (χ0) is 19.9. The van der Waals surface area contributed by atoms with Crippen LogP contribution in [0.25, 0.3) is 0 Å². The van der Waals surface area contributed by atoms with Crippen LogP contribution in [0.5, 0.6) is 5.88 Å². The lowest BCUT2D eigenvalue weighted by molar-refractivity contribution is -0.137. The molecular weight excluding hydrogens is 383 g/mol. The van der Waals surface area contributed by atoms with Gasteiger partial charge in [-0.25, -0.2) is 4.98 Å². The highest BCUT2D eigenvalue weighted by Crippen LogP contribution is 2.33. The van der Waals surface area contributed by atoms with E-state index < -0.39 is 11.7 Å². The zero-order valence-corrected chi connectivity index (χ0v) is 16.0. The summed E-state index contributed by atoms with van der Waals surface area (Å²) in [6.07, 6.45) is -0.881. The zero-order valence-electron chi connectivity index (χ0n) is 15.2. The average Bonchev–Trinajstić information content (AvgIpc) is 3.07. The monoisotopic (exact) mass is 407 g/mol. The van der Waals surface area contributed by atoms with Gasteiger partial charge in [-0.2, -0.15) is 13.2 Å². The normalized spacial score (nSPS) is 18.7. The number of nitrogens with one attached hydrogen (secondary N) is 1. The highest BCUT2D eigenvalue weighted by molar-refractivity contribution is 6.31. The number of ether oxygens (including phenoxy) is 1. The van der Waals surface area contributed by atoms with Gasteiger partial charge in [0.2, 0.25) is 5.88 Å². The fourth-order valence-electron chi connectivity index (χ4n) is 2.92. The third kappa shape index (κ3) is 6.73. The van der Waals surface area contributed by atoms with Crippen LogP contribution in [0.4, 0.5) is 13.2 Å². The van der Waals surface area contributed by atoms with Crippen LogP contribution in [-0.2, 0) is 6.18 Å². The summed E-state index contributed by atoms with van der Waals surface area (Å²) < 4.78 is 43.0. The highest BCUT2D eigenvalue weighted by Gasteiger charge is 2.31. The van der Waals surface area contributed by atoms with E-state index in [4.69, 9.17) is 22.1 Å². The molecule has 1 aliphatic rings. The predicted molar refractivity (Wildman–Crippen MR) is 99.1 cm³/mol. The smallest absolute Gasteiger partial charge is 0.417 e. The molecule has 0 aliphatic carbocycles. The molecule has 3 N–H and O–H groups in total. The molecule has 0 bridgehead atoms. The second-order valence-corrected chi connectivity index (χ2v) is 6.70. The first-order valence-corrected chi connectivity index (χ1v) is 9.32. The summed E-state index contributed by atoms with van der Waals surface area (Å²) in [5, 5.41) is 2.83. The van der Waals surface area contributed by atoms with Crippen LogP contribution in [-0.4, -0.2) is 54.7 Å². The molecule has 6 nitrogen and oxygen atoms in total. The highest BCUT2D eigenvalue weighted by atomic mass is 35.5. The number of hydrogen-bond acceptors (Lipinski definition) is 4. The van der Waals surface area contributed by atoms with E-state index in [0.717, 1.165) is 25.6 Å². The van der Waals surface area contributed by atoms with E-state index in [0.29, 0.717) is 37.7 Å². The molecule has 1 saturated heterocycles. The quantitative estimate of drug-likeness (QED) is 0.393. The molecule has 1 unspecified atom stereocenters. The van der Waals surface area contributed by atoms with E-state index in [1.807, 2.05) is 0 Å². The van der Waals surface area contributed by atoms with Gasteiger partial charge in [0.05, 0.1) is 18.7 Å². The van der Waals surface area contributed by atoms with Gasteiger partial charge in [0, 0.05) is 18.8 Å². The maximum absolute atomic E-state index is 12.6. The number of likely N-dealkylation sites (N-methyl/N-ethyl adjacent to an activating group) is 1. The summed E-state index contributed by atoms with van der Waals surface area (Å²) in [5.74, 6) is 0.357. The molecule has 0 amide bonds. The topological polar surface area (TPSA) is 75.8 Å². The molecule has 0 radical (unpaired) electrons. The van der Waals surface area contributed by atoms with Crippen LogP contribution in [0.3, 0.4) is 0 Å². The first-order chi connectivity index (χ1) is 12.8. The number of hydrogen-bond donors (Lipinski definition) is 2. The Kier molecular flexibility index (Phi) is 7.97. The van der Waals surface area contributed by atoms with Crippen molar-refractivity contribution in [2.75, 3.05) is 32.8 Å². The molecule has 2 rings (SSSR count). The third-order valence-electron chi connectivity index (χ3n) is 4.38. The number of likely N-dealkylation sites (tertiary alicyclic amines) is 1. The van der Waals surface area contributed by atoms with Crippen LogP contribution < -0.4 is 15.8 Å². The van der Waals surface area contributed by atoms with E-state index in [-0.39, 0.29) is 17.5 Å². The van der Waals surface area contributed by atoms with E-state index in [2.05, 4.69) is 27.1 Å². The molecule has 0 spiro atoms. The Bertz CT molecular complexity index is 641. The number of rotatable bonds is 8. The van der Waals surface area contributed by atoms with Crippen LogP contribution >= 0.6 is 11.6 Å². The largest absolute Gasteiger partial charge is 0.477 e. The number of guanidine groups is 1. The standard InChI is InChI=1S/C17H25ClF3N5O/c1-2-26-7-3-5-13(26)11-25-16(22)23-6-4-8-27-15-14(18)9-12(10-24-15)17(19,20)21/h9-10,13H,2-8,11H2,1H3,(H3,22,23,25). The Hall–Kier alpha value is -1.74. The average molecular weight is 408 g/mol. The fourth-order valence-corrected chi connectivity index (χ4v) is 3.14. The number of aromatic nitrogens is 1. The van der Waals surface area contributed by atoms with Crippen LogP contribution in [0.2, 0.25) is 5.02 Å². The van der Waals surface area contributed by atoms with Gasteiger partial charge in [-0.3, -0.25) is 9.89 Å². The summed E-state index contributed by atoms with van der Waals surface area (Å²) in [6, 6.07) is 1.25. The minimum Gasteiger partial charge on any atom is -0.477 e. The number of alkyl halides is 3. The fraction of sp³-hybridized carbons (Fsp3) is 0.647. The van der Waals surface area contributed by atoms with Gasteiger partial charge in [0.1, 0.15) is 5.02 Å². The number of halogens is 4. The van der Waals surface area contributed by atoms with Crippen molar-refractivity contribution < 1.29 is 17.9 Å². The van der Waals surface area contributed by atoms with Gasteiger partial charge in [-0.1, -0.05) is 18.5 Å². The molecule has 0 aromatic carbocycles. The van der Waals surface area contributed by atoms with Gasteiger partial charge >= 0.3 is 6.18 Å². The van der Waals surface area contributed by atoms with E-state index >= 15 is 0 Å². The summed E-state index contributed by atoms with van der Waals surface area (Å²) in [4.78, 5) is 10.4. The Balaban J connectivity index is 1.67. The molecule has 0 saturated carbocycles. The van der Waals surface area contributed by atoms with Crippen molar-refractivity contribution >= 4 is 17.6 Å². The first kappa shape index (κ1) is 21.6. The Morgan fingerprint density at radius 3 is 2.96 bits per heavy atom. The Morgan fingerprint density at radius 2 is 2.30 bits per heavy atom. The lowest BCUT2D eigenvalue weighted by Gasteiger charge is -2.20. The van der Waals surface area contributed by atoms with Crippen LogP contribution in [0, 0.1) is 0 Å². The molecule has 1 aromatic rings. The number of nitrogens with zero attached hydrogens (tertiary/aromatic N) is 3. The van der Waals surface area contributed by atoms with Crippen molar-refractivity contribution in [3.05, 3.63) is 22.8 Å². The van der Waals surface area contributed by atoms with Crippen molar-refractivity contribution in [1.82, 2.24) is 15.2 Å². The van der Waals surface area contributed by atoms with Gasteiger partial charge < -0.3 is 15.8 Å². The summed E-state index contributed by atoms with van der Waals surface area (Å²) in [7, 11) is 0. The number of nitrogens with two attached hydrogens (primary N) is 1. The van der Waals surface area contributed by atoms with Gasteiger partial charge in [0.15, 0.2) is 5.96 Å². The first-order valence-electron chi connectivity index (χ1n) is 8.94. The molecule has 10 heteroatoms. The SMILES string of the molecule is CCN1CCCC1CN=C(N)NCCCOc1ncc(C(F)(F)F)cc1Cl. The van der Waals surface area contributed by atoms with Crippen molar-refractivity contribution in [3.63, 3.8) is 0 Å². The molecular formula is C17H25ClF3N5O. The van der Waals surface area contributed by atoms with E-state index in [1.54, 1.807) is 0 Å². The van der Waals surface area contributed by atoms with Crippen LogP contribution in [0.1, 0.15) is 31.7 Å². The maximum Gasteiger partial charge on any atom is 0.417 e. The summed E-state index contributed by atoms with van der Waals surface area (Å²) in [5.41, 5.74) is 4.95. The lowest BCUT2D eigenvalue weighted by atomic mass is 10.2. The molecule has 1 aliphatic heterocycles. The van der Waals surface area contributed by atoms with Crippen molar-refractivity contribution in [2.45, 2.75) is 38.4 Å². The van der Waals surface area contributed by atoms with Crippen molar-refractivity contribution in [2.24, 2.45) is 10.7 Å². The van der Waals surface area contributed by atoms with E-state index in [1.165, 1.54) is 6.42 Å². The number of aliphatic imine (C=N–C) groups is 1. The molecule has 27 heavy (non-hydrogen) atoms. The molecule has 1 atom stereocenters. The minimum atomic E-state index is -4.48. The molecule has 152 valence electrons. The Morgan fingerprint density at radius 1 is 1.52 bits per heavy atom. The molecule has 2 heterocycles. The third-order valence-corrected chi connectivity index (χ3v) is 4.65. The van der Waals surface area contributed by atoms with Crippen LogP contribution in [0.15, 0.2) is 17.3 Å². The van der Waals surface area contributed by atoms with Crippen molar-refractivity contribution in [3.8, 4) is 5.88 Å². The summed E-state index contributed by atoms with van der Waals surface area (Å²) in [6.45, 7) is 5.71. The summed E-state index contributed by atoms with van der Waals surface area (Å²) >= 11 is 5.78. The minimum absolute atomic E-state index is 0.0211. The van der Waals surface area contributed by atoms with Crippen molar-refractivity contribution in [1.29, 1.82) is 0 Å². The van der Waals surface area contributed by atoms with Gasteiger partial charge in [-0.15, -0.1) is 0 Å². The lowest BCUT2D eigenvalue weighted by Crippen LogP contribution is -2.36. The second-order valence-electron chi connectivity index (χ2n) is 6.29.